The Kier molecular flexibility index (Phi) is 4.00. The Morgan fingerprint density at radius 3 is 2.57 bits per heavy atom. The van der Waals surface area contributed by atoms with E-state index in [1.165, 1.54) is 6.42 Å². The Hall–Kier alpha value is -1.75. The standard InChI is InChI=1S/C23H32N2O3/c1-2-21-11-17-12-22(14-21,16-23(28,13-17)15-21)20(27)25-8-6-24(7-9-25)18-4-3-5-19(26)10-18/h3-5,10,17,26,28H,2,6-9,11-16H2,1H3. The molecule has 1 saturated heterocycles. The Balaban J connectivity index is 1.32. The largest absolute Gasteiger partial charge is 0.508 e. The van der Waals surface area contributed by atoms with Crippen LogP contribution in [0.4, 0.5) is 5.69 Å². The number of aliphatic hydroxyl groups is 1. The molecule has 1 heterocycles. The molecule has 152 valence electrons. The van der Waals surface area contributed by atoms with Gasteiger partial charge in [-0.15, -0.1) is 0 Å². The smallest absolute Gasteiger partial charge is 0.229 e. The van der Waals surface area contributed by atoms with Crippen molar-refractivity contribution < 1.29 is 15.0 Å². The normalized spacial score (nSPS) is 39.4. The number of benzene rings is 1. The molecule has 1 amide bonds. The maximum atomic E-state index is 13.7. The second kappa shape index (κ2) is 6.12. The van der Waals surface area contributed by atoms with E-state index in [1.807, 2.05) is 12.1 Å². The first-order chi connectivity index (χ1) is 13.3. The van der Waals surface area contributed by atoms with E-state index in [-0.39, 0.29) is 16.6 Å². The fourth-order valence-electron chi connectivity index (χ4n) is 7.41. The first-order valence-corrected chi connectivity index (χ1v) is 10.9. The molecule has 0 spiro atoms. The van der Waals surface area contributed by atoms with Crippen LogP contribution in [0, 0.1) is 16.7 Å². The van der Waals surface area contributed by atoms with Gasteiger partial charge in [-0.05, 0) is 62.0 Å². The molecule has 5 nitrogen and oxygen atoms in total. The lowest BCUT2D eigenvalue weighted by molar-refractivity contribution is -0.209. The van der Waals surface area contributed by atoms with Crippen molar-refractivity contribution >= 4 is 11.6 Å². The third-order valence-electron chi connectivity index (χ3n) is 8.12. The van der Waals surface area contributed by atoms with Gasteiger partial charge in [-0.3, -0.25) is 4.79 Å². The van der Waals surface area contributed by atoms with Gasteiger partial charge in [-0.1, -0.05) is 19.4 Å². The van der Waals surface area contributed by atoms with Gasteiger partial charge < -0.3 is 20.0 Å². The molecule has 1 aromatic carbocycles. The summed E-state index contributed by atoms with van der Waals surface area (Å²) in [6, 6.07) is 7.35. The summed E-state index contributed by atoms with van der Waals surface area (Å²) in [5.41, 5.74) is 0.236. The minimum Gasteiger partial charge on any atom is -0.508 e. The summed E-state index contributed by atoms with van der Waals surface area (Å²) in [6.07, 6.45) is 6.69. The van der Waals surface area contributed by atoms with Crippen molar-refractivity contribution in [2.45, 2.75) is 57.5 Å². The van der Waals surface area contributed by atoms with Gasteiger partial charge in [0.15, 0.2) is 0 Å². The van der Waals surface area contributed by atoms with Gasteiger partial charge in [0.25, 0.3) is 0 Å². The van der Waals surface area contributed by atoms with Crippen molar-refractivity contribution in [2.75, 3.05) is 31.1 Å². The average molecular weight is 385 g/mol. The number of carbonyl (C=O) groups excluding carboxylic acids is 1. The molecule has 4 unspecified atom stereocenters. The number of nitrogens with zero attached hydrogens (tertiary/aromatic N) is 2. The lowest BCUT2D eigenvalue weighted by atomic mass is 9.42. The van der Waals surface area contributed by atoms with Crippen molar-refractivity contribution in [1.29, 1.82) is 0 Å². The summed E-state index contributed by atoms with van der Waals surface area (Å²) in [6.45, 7) is 5.26. The number of hydrogen-bond acceptors (Lipinski definition) is 4. The molecule has 4 bridgehead atoms. The molecular weight excluding hydrogens is 352 g/mol. The summed E-state index contributed by atoms with van der Waals surface area (Å²) in [5.74, 6) is 1.09. The number of rotatable bonds is 3. The van der Waals surface area contributed by atoms with Crippen LogP contribution in [0.1, 0.15) is 51.9 Å². The van der Waals surface area contributed by atoms with E-state index in [0.29, 0.717) is 18.2 Å². The Labute approximate surface area is 167 Å². The summed E-state index contributed by atoms with van der Waals surface area (Å²) < 4.78 is 0. The zero-order valence-corrected chi connectivity index (χ0v) is 16.9. The van der Waals surface area contributed by atoms with Crippen LogP contribution in [0.3, 0.4) is 0 Å². The molecule has 5 heteroatoms. The highest BCUT2D eigenvalue weighted by Crippen LogP contribution is 2.68. The SMILES string of the molecule is CCC12CC3CC(O)(C1)CC(C(=O)N1CCN(c4cccc(O)c4)CC1)(C3)C2. The van der Waals surface area contributed by atoms with Crippen LogP contribution in [0.5, 0.6) is 5.75 Å². The molecular formula is C23H32N2O3. The van der Waals surface area contributed by atoms with Crippen molar-refractivity contribution in [1.82, 2.24) is 4.90 Å². The Morgan fingerprint density at radius 2 is 1.89 bits per heavy atom. The molecule has 1 aliphatic heterocycles. The van der Waals surface area contributed by atoms with E-state index in [0.717, 1.165) is 64.0 Å². The van der Waals surface area contributed by atoms with Gasteiger partial charge in [0, 0.05) is 37.9 Å². The number of carbonyl (C=O) groups is 1. The van der Waals surface area contributed by atoms with Gasteiger partial charge in [0.05, 0.1) is 11.0 Å². The molecule has 2 N–H and O–H groups in total. The van der Waals surface area contributed by atoms with E-state index in [2.05, 4.69) is 16.7 Å². The minimum absolute atomic E-state index is 0.174. The highest BCUT2D eigenvalue weighted by molar-refractivity contribution is 5.84. The zero-order valence-electron chi connectivity index (χ0n) is 16.9. The highest BCUT2D eigenvalue weighted by atomic mass is 16.3. The molecule has 5 aliphatic rings. The molecule has 0 aromatic heterocycles. The number of amides is 1. The number of aromatic hydroxyl groups is 1. The van der Waals surface area contributed by atoms with Gasteiger partial charge >= 0.3 is 0 Å². The van der Waals surface area contributed by atoms with E-state index in [9.17, 15) is 15.0 Å². The highest BCUT2D eigenvalue weighted by Gasteiger charge is 2.65. The average Bonchev–Trinajstić information content (AvgIpc) is 2.66. The van der Waals surface area contributed by atoms with Crippen LogP contribution >= 0.6 is 0 Å². The fraction of sp³-hybridized carbons (Fsp3) is 0.696. The fourth-order valence-corrected chi connectivity index (χ4v) is 7.41. The number of hydrogen-bond donors (Lipinski definition) is 2. The van der Waals surface area contributed by atoms with Gasteiger partial charge in [-0.25, -0.2) is 0 Å². The molecule has 1 aromatic rings. The molecule has 4 aliphatic carbocycles. The number of phenols is 1. The van der Waals surface area contributed by atoms with Crippen LogP contribution in [-0.2, 0) is 4.79 Å². The Bertz CT molecular complexity index is 790. The second-order valence-electron chi connectivity index (χ2n) is 10.2. The van der Waals surface area contributed by atoms with Gasteiger partial charge in [0.1, 0.15) is 5.75 Å². The third kappa shape index (κ3) is 2.81. The van der Waals surface area contributed by atoms with Crippen molar-refractivity contribution in [3.05, 3.63) is 24.3 Å². The number of piperazine rings is 1. The maximum Gasteiger partial charge on any atom is 0.229 e. The summed E-state index contributed by atoms with van der Waals surface area (Å²) >= 11 is 0. The Morgan fingerprint density at radius 1 is 1.11 bits per heavy atom. The molecule has 6 rings (SSSR count). The van der Waals surface area contributed by atoms with Crippen molar-refractivity contribution in [3.63, 3.8) is 0 Å². The van der Waals surface area contributed by atoms with E-state index in [1.54, 1.807) is 12.1 Å². The molecule has 5 fully saturated rings. The second-order valence-corrected chi connectivity index (χ2v) is 10.2. The third-order valence-corrected chi connectivity index (χ3v) is 8.12. The molecule has 0 radical (unpaired) electrons. The first-order valence-electron chi connectivity index (χ1n) is 10.9. The molecule has 28 heavy (non-hydrogen) atoms. The summed E-state index contributed by atoms with van der Waals surface area (Å²) in [7, 11) is 0. The lowest BCUT2D eigenvalue weighted by Crippen LogP contribution is -2.65. The van der Waals surface area contributed by atoms with Crippen molar-refractivity contribution in [2.24, 2.45) is 16.7 Å². The summed E-state index contributed by atoms with van der Waals surface area (Å²) in [5, 5.41) is 21.0. The number of phenolic OH excluding ortho intramolecular Hbond substituents is 1. The van der Waals surface area contributed by atoms with Crippen LogP contribution in [0.2, 0.25) is 0 Å². The van der Waals surface area contributed by atoms with Gasteiger partial charge in [0.2, 0.25) is 5.91 Å². The van der Waals surface area contributed by atoms with Crippen LogP contribution < -0.4 is 4.90 Å². The van der Waals surface area contributed by atoms with Crippen LogP contribution in [0.25, 0.3) is 0 Å². The van der Waals surface area contributed by atoms with Crippen molar-refractivity contribution in [3.8, 4) is 5.75 Å². The monoisotopic (exact) mass is 384 g/mol. The summed E-state index contributed by atoms with van der Waals surface area (Å²) in [4.78, 5) is 18.0. The predicted octanol–water partition coefficient (Wildman–Crippen LogP) is 3.15. The maximum absolute atomic E-state index is 13.7. The van der Waals surface area contributed by atoms with E-state index < -0.39 is 5.60 Å². The topological polar surface area (TPSA) is 64.0 Å². The minimum atomic E-state index is -0.617. The molecule has 4 atom stereocenters. The van der Waals surface area contributed by atoms with Gasteiger partial charge in [-0.2, -0.15) is 0 Å². The van der Waals surface area contributed by atoms with E-state index in [4.69, 9.17) is 0 Å². The lowest BCUT2D eigenvalue weighted by Gasteiger charge is -2.65. The van der Waals surface area contributed by atoms with Crippen LogP contribution in [0.15, 0.2) is 24.3 Å². The molecule has 4 saturated carbocycles. The predicted molar refractivity (Wildman–Crippen MR) is 108 cm³/mol. The first kappa shape index (κ1) is 18.3. The zero-order chi connectivity index (χ0) is 19.6. The quantitative estimate of drug-likeness (QED) is 0.840. The van der Waals surface area contributed by atoms with E-state index >= 15 is 0 Å². The van der Waals surface area contributed by atoms with Crippen LogP contribution in [-0.4, -0.2) is 52.8 Å². The number of anilines is 1.